The van der Waals surface area contributed by atoms with E-state index >= 15 is 0 Å². The fourth-order valence-electron chi connectivity index (χ4n) is 4.75. The standard InChI is InChI=1S/C25H34ClN5O5S/c1-24(2,20(32)15-29(3)4)37(35,36)25(9-10-25)16-30-11-12-31-19(23(30)34)14-27-21(31)22(33)28-13-17-5-7-18(26)8-6-17/h5-8,14,20,32H,9-13,15-16H2,1-4H3,(H,28,33). The van der Waals surface area contributed by atoms with Gasteiger partial charge in [0.1, 0.15) is 5.69 Å². The van der Waals surface area contributed by atoms with E-state index in [0.717, 1.165) is 5.56 Å². The van der Waals surface area contributed by atoms with Gasteiger partial charge in [-0.3, -0.25) is 9.59 Å². The minimum atomic E-state index is -3.78. The molecule has 1 saturated carbocycles. The number of imidazole rings is 1. The van der Waals surface area contributed by atoms with Crippen molar-refractivity contribution in [2.24, 2.45) is 0 Å². The van der Waals surface area contributed by atoms with Gasteiger partial charge in [-0.1, -0.05) is 23.7 Å². The van der Waals surface area contributed by atoms with E-state index < -0.39 is 31.3 Å². The average molecular weight is 552 g/mol. The molecule has 1 aliphatic carbocycles. The molecular weight excluding hydrogens is 518 g/mol. The summed E-state index contributed by atoms with van der Waals surface area (Å²) in [6, 6.07) is 7.11. The van der Waals surface area contributed by atoms with E-state index in [9.17, 15) is 23.1 Å². The van der Waals surface area contributed by atoms with Crippen molar-refractivity contribution >= 4 is 33.3 Å². The Morgan fingerprint density at radius 3 is 2.49 bits per heavy atom. The number of nitrogens with zero attached hydrogens (tertiary/aromatic N) is 4. The van der Waals surface area contributed by atoms with Gasteiger partial charge >= 0.3 is 0 Å². The first-order valence-electron chi connectivity index (χ1n) is 12.2. The predicted molar refractivity (Wildman–Crippen MR) is 140 cm³/mol. The lowest BCUT2D eigenvalue weighted by Crippen LogP contribution is -2.56. The molecule has 1 aliphatic heterocycles. The summed E-state index contributed by atoms with van der Waals surface area (Å²) in [4.78, 5) is 33.5. The Morgan fingerprint density at radius 2 is 1.89 bits per heavy atom. The second kappa shape index (κ2) is 10.0. The zero-order valence-corrected chi connectivity index (χ0v) is 23.1. The molecule has 1 unspecified atom stereocenters. The van der Waals surface area contributed by atoms with Gasteiger partial charge in [0.15, 0.2) is 15.7 Å². The third kappa shape index (κ3) is 5.14. The molecule has 2 aromatic rings. The number of hydrogen-bond acceptors (Lipinski definition) is 7. The van der Waals surface area contributed by atoms with E-state index in [1.54, 1.807) is 49.5 Å². The van der Waals surface area contributed by atoms with Crippen molar-refractivity contribution in [3.8, 4) is 0 Å². The van der Waals surface area contributed by atoms with Gasteiger partial charge in [0.05, 0.1) is 21.8 Å². The smallest absolute Gasteiger partial charge is 0.287 e. The summed E-state index contributed by atoms with van der Waals surface area (Å²) in [7, 11) is -0.225. The van der Waals surface area contributed by atoms with Crippen molar-refractivity contribution in [2.75, 3.05) is 33.7 Å². The lowest BCUT2D eigenvalue weighted by atomic mass is 10.1. The first-order valence-corrected chi connectivity index (χ1v) is 14.1. The normalized spacial score (nSPS) is 18.0. The highest BCUT2D eigenvalue weighted by Crippen LogP contribution is 2.50. The molecule has 4 rings (SSSR count). The number of hydrogen-bond donors (Lipinski definition) is 2. The van der Waals surface area contributed by atoms with E-state index in [1.165, 1.54) is 11.1 Å². The molecule has 37 heavy (non-hydrogen) atoms. The molecule has 2 N–H and O–H groups in total. The van der Waals surface area contributed by atoms with Crippen molar-refractivity contribution in [2.45, 2.75) is 55.4 Å². The molecule has 1 aromatic heterocycles. The summed E-state index contributed by atoms with van der Waals surface area (Å²) in [5, 5.41) is 14.1. The van der Waals surface area contributed by atoms with Crippen LogP contribution >= 0.6 is 11.6 Å². The Kier molecular flexibility index (Phi) is 7.46. The van der Waals surface area contributed by atoms with Gasteiger partial charge in [0.25, 0.3) is 11.8 Å². The van der Waals surface area contributed by atoms with Crippen LogP contribution in [0.1, 0.15) is 53.4 Å². The van der Waals surface area contributed by atoms with Crippen LogP contribution in [-0.4, -0.2) is 94.0 Å². The van der Waals surface area contributed by atoms with Crippen molar-refractivity contribution < 1.29 is 23.1 Å². The highest BCUT2D eigenvalue weighted by molar-refractivity contribution is 7.94. The Labute approximate surface area is 222 Å². The highest BCUT2D eigenvalue weighted by Gasteiger charge is 2.62. The number of carbonyl (C=O) groups is 2. The number of nitrogens with one attached hydrogen (secondary N) is 1. The summed E-state index contributed by atoms with van der Waals surface area (Å²) >= 11 is 5.90. The highest BCUT2D eigenvalue weighted by atomic mass is 35.5. The number of rotatable bonds is 10. The van der Waals surface area contributed by atoms with Crippen LogP contribution in [0.2, 0.25) is 5.02 Å². The molecule has 2 amide bonds. The molecule has 0 spiro atoms. The molecular formula is C25H34ClN5O5S. The molecule has 2 aliphatic rings. The monoisotopic (exact) mass is 551 g/mol. The lowest BCUT2D eigenvalue weighted by Gasteiger charge is -2.38. The van der Waals surface area contributed by atoms with Gasteiger partial charge in [0, 0.05) is 37.7 Å². The summed E-state index contributed by atoms with van der Waals surface area (Å²) in [5.74, 6) is -0.623. The van der Waals surface area contributed by atoms with Crippen LogP contribution in [0.4, 0.5) is 0 Å². The predicted octanol–water partition coefficient (Wildman–Crippen LogP) is 1.57. The number of aliphatic hydroxyl groups excluding tert-OH is 1. The summed E-state index contributed by atoms with van der Waals surface area (Å²) < 4.78 is 26.5. The average Bonchev–Trinajstić information content (AvgIpc) is 3.50. The van der Waals surface area contributed by atoms with Crippen LogP contribution in [0.5, 0.6) is 0 Å². The summed E-state index contributed by atoms with van der Waals surface area (Å²) in [6.07, 6.45) is 1.17. The van der Waals surface area contributed by atoms with Gasteiger partial charge in [-0.2, -0.15) is 0 Å². The van der Waals surface area contributed by atoms with Crippen LogP contribution in [0.25, 0.3) is 0 Å². The maximum atomic E-state index is 13.7. The second-order valence-electron chi connectivity index (χ2n) is 10.7. The molecule has 0 saturated heterocycles. The SMILES string of the molecule is CN(C)CC(O)C(C)(C)S(=O)(=O)C1(CN2CCn3c(cnc3C(=O)NCc3ccc(Cl)cc3)C2=O)CC1. The zero-order valence-electron chi connectivity index (χ0n) is 21.6. The molecule has 0 radical (unpaired) electrons. The topological polar surface area (TPSA) is 125 Å². The quantitative estimate of drug-likeness (QED) is 0.459. The molecule has 1 aromatic carbocycles. The van der Waals surface area contributed by atoms with Crippen LogP contribution < -0.4 is 5.32 Å². The van der Waals surface area contributed by atoms with Crippen LogP contribution in [-0.2, 0) is 22.9 Å². The number of halogens is 1. The molecule has 2 heterocycles. The van der Waals surface area contributed by atoms with Gasteiger partial charge in [-0.25, -0.2) is 13.4 Å². The minimum Gasteiger partial charge on any atom is -0.390 e. The fourth-order valence-corrected chi connectivity index (χ4v) is 7.39. The fraction of sp³-hybridized carbons (Fsp3) is 0.560. The van der Waals surface area contributed by atoms with Crippen molar-refractivity contribution in [3.63, 3.8) is 0 Å². The maximum Gasteiger partial charge on any atom is 0.287 e. The number of amides is 2. The Bertz CT molecular complexity index is 1290. The number of likely N-dealkylation sites (N-methyl/N-ethyl adjacent to an activating group) is 1. The Morgan fingerprint density at radius 1 is 1.24 bits per heavy atom. The van der Waals surface area contributed by atoms with Crippen molar-refractivity contribution in [1.82, 2.24) is 24.7 Å². The lowest BCUT2D eigenvalue weighted by molar-refractivity contribution is 0.0696. The maximum absolute atomic E-state index is 13.7. The first kappa shape index (κ1) is 27.6. The largest absolute Gasteiger partial charge is 0.390 e. The van der Waals surface area contributed by atoms with E-state index in [-0.39, 0.29) is 43.6 Å². The zero-order chi connectivity index (χ0) is 27.2. The third-order valence-electron chi connectivity index (χ3n) is 7.41. The van der Waals surface area contributed by atoms with Crippen molar-refractivity contribution in [1.29, 1.82) is 0 Å². The number of aliphatic hydroxyl groups is 1. The molecule has 202 valence electrons. The number of aromatic nitrogens is 2. The number of sulfone groups is 1. The second-order valence-corrected chi connectivity index (χ2v) is 14.1. The van der Waals surface area contributed by atoms with Crippen molar-refractivity contribution in [3.05, 3.63) is 52.6 Å². The van der Waals surface area contributed by atoms with E-state index in [2.05, 4.69) is 10.3 Å². The van der Waals surface area contributed by atoms with Gasteiger partial charge in [0.2, 0.25) is 0 Å². The Balaban J connectivity index is 1.46. The summed E-state index contributed by atoms with van der Waals surface area (Å²) in [6.45, 7) is 4.25. The van der Waals surface area contributed by atoms with E-state index in [0.29, 0.717) is 24.4 Å². The molecule has 1 fully saturated rings. The van der Waals surface area contributed by atoms with Crippen LogP contribution in [0, 0.1) is 0 Å². The van der Waals surface area contributed by atoms with Crippen LogP contribution in [0.15, 0.2) is 30.5 Å². The first-order chi connectivity index (χ1) is 17.3. The number of carbonyl (C=O) groups excluding carboxylic acids is 2. The van der Waals surface area contributed by atoms with Gasteiger partial charge in [-0.15, -0.1) is 0 Å². The minimum absolute atomic E-state index is 0.0511. The van der Waals surface area contributed by atoms with E-state index in [1.807, 2.05) is 12.1 Å². The molecule has 0 bridgehead atoms. The molecule has 12 heteroatoms. The molecule has 10 nitrogen and oxygen atoms in total. The van der Waals surface area contributed by atoms with Crippen LogP contribution in [0.3, 0.4) is 0 Å². The van der Waals surface area contributed by atoms with E-state index in [4.69, 9.17) is 11.6 Å². The van der Waals surface area contributed by atoms with Gasteiger partial charge < -0.3 is 24.8 Å². The number of benzene rings is 1. The third-order valence-corrected chi connectivity index (χ3v) is 11.0. The number of fused-ring (bicyclic) bond motifs is 1. The summed E-state index contributed by atoms with van der Waals surface area (Å²) in [5.41, 5.74) is 1.13. The van der Waals surface area contributed by atoms with Gasteiger partial charge in [-0.05, 0) is 58.5 Å². The molecule has 1 atom stereocenters. The Hall–Kier alpha value is -2.47.